The number of fused-ring (bicyclic) bond motifs is 1. The van der Waals surface area contributed by atoms with Crippen LogP contribution in [0.5, 0.6) is 0 Å². The average molecular weight is 360 g/mol. The zero-order valence-corrected chi connectivity index (χ0v) is 14.6. The van der Waals surface area contributed by atoms with Crippen molar-refractivity contribution in [1.29, 1.82) is 0 Å². The summed E-state index contributed by atoms with van der Waals surface area (Å²) in [5, 5.41) is 7.43. The Hall–Kier alpha value is -2.90. The van der Waals surface area contributed by atoms with Crippen molar-refractivity contribution in [3.8, 4) is 0 Å². The van der Waals surface area contributed by atoms with E-state index in [0.717, 1.165) is 24.1 Å². The maximum Gasteiger partial charge on any atom is 0.319 e. The van der Waals surface area contributed by atoms with E-state index in [1.807, 2.05) is 12.1 Å². The zero-order chi connectivity index (χ0) is 18.4. The molecule has 3 rings (SSSR count). The van der Waals surface area contributed by atoms with E-state index in [1.54, 1.807) is 7.05 Å². The molecule has 2 N–H and O–H groups in total. The molecule has 0 atom stereocenters. The van der Waals surface area contributed by atoms with Gasteiger partial charge in [-0.1, -0.05) is 18.2 Å². The lowest BCUT2D eigenvalue weighted by Gasteiger charge is -2.13. The number of hydrogen-bond donors (Lipinski definition) is 2. The molecule has 0 bridgehead atoms. The standard InChI is InChI=1S/C18H22F2N6/c1-21-18(24-13-16-22-9-12-26(16)17(19)20)23-8-4-10-25-11-7-14-5-2-3-6-15(14)25/h2-3,5-7,9,11-12,17H,4,8,10,13H2,1H3,(H2,21,23,24). The van der Waals surface area contributed by atoms with Crippen LogP contribution in [-0.2, 0) is 13.1 Å². The van der Waals surface area contributed by atoms with Crippen LogP contribution in [0.2, 0.25) is 0 Å². The SMILES string of the molecule is CN=C(NCCCn1ccc2ccccc21)NCc1nccn1C(F)F. The summed E-state index contributed by atoms with van der Waals surface area (Å²) < 4.78 is 28.7. The summed E-state index contributed by atoms with van der Waals surface area (Å²) in [5.74, 6) is 0.827. The molecule has 6 nitrogen and oxygen atoms in total. The molecular formula is C18H22F2N6. The number of aliphatic imine (C=N–C) groups is 1. The molecule has 1 aromatic carbocycles. The number of imidazole rings is 1. The second kappa shape index (κ2) is 8.46. The lowest BCUT2D eigenvalue weighted by Crippen LogP contribution is -2.38. The maximum absolute atomic E-state index is 12.8. The number of hydrogen-bond acceptors (Lipinski definition) is 2. The topological polar surface area (TPSA) is 59.2 Å². The summed E-state index contributed by atoms with van der Waals surface area (Å²) in [5.41, 5.74) is 1.22. The van der Waals surface area contributed by atoms with Gasteiger partial charge in [-0.15, -0.1) is 0 Å². The highest BCUT2D eigenvalue weighted by Crippen LogP contribution is 2.15. The molecule has 8 heteroatoms. The van der Waals surface area contributed by atoms with Gasteiger partial charge in [0, 0.05) is 44.2 Å². The molecule has 2 aromatic heterocycles. The largest absolute Gasteiger partial charge is 0.356 e. The molecule has 2 heterocycles. The molecule has 26 heavy (non-hydrogen) atoms. The van der Waals surface area contributed by atoms with Crippen LogP contribution >= 0.6 is 0 Å². The molecule has 0 saturated carbocycles. The number of guanidine groups is 1. The van der Waals surface area contributed by atoms with Gasteiger partial charge in [0.05, 0.1) is 6.54 Å². The smallest absolute Gasteiger partial charge is 0.319 e. The first-order chi connectivity index (χ1) is 12.7. The number of halogens is 2. The third-order valence-corrected chi connectivity index (χ3v) is 4.15. The minimum Gasteiger partial charge on any atom is -0.356 e. The summed E-state index contributed by atoms with van der Waals surface area (Å²) >= 11 is 0. The summed E-state index contributed by atoms with van der Waals surface area (Å²) in [4.78, 5) is 8.05. The van der Waals surface area contributed by atoms with Gasteiger partial charge in [0.25, 0.3) is 0 Å². The van der Waals surface area contributed by atoms with E-state index in [-0.39, 0.29) is 12.4 Å². The number of benzene rings is 1. The molecule has 0 spiro atoms. The third-order valence-electron chi connectivity index (χ3n) is 4.15. The van der Waals surface area contributed by atoms with Crippen molar-refractivity contribution in [1.82, 2.24) is 24.8 Å². The molecular weight excluding hydrogens is 338 g/mol. The summed E-state index contributed by atoms with van der Waals surface area (Å²) in [6.45, 7) is -0.817. The van der Waals surface area contributed by atoms with Gasteiger partial charge >= 0.3 is 6.55 Å². The molecule has 0 fully saturated rings. The molecule has 0 unspecified atom stereocenters. The first-order valence-electron chi connectivity index (χ1n) is 8.47. The minimum atomic E-state index is -2.60. The zero-order valence-electron chi connectivity index (χ0n) is 14.6. The molecule has 138 valence electrons. The van der Waals surface area contributed by atoms with Gasteiger partial charge in [-0.2, -0.15) is 8.78 Å². The van der Waals surface area contributed by atoms with Crippen LogP contribution in [0.15, 0.2) is 53.9 Å². The Morgan fingerprint density at radius 2 is 2.04 bits per heavy atom. The van der Waals surface area contributed by atoms with Gasteiger partial charge in [-0.3, -0.25) is 9.56 Å². The normalized spacial score (nSPS) is 12.1. The van der Waals surface area contributed by atoms with Crippen molar-refractivity contribution < 1.29 is 8.78 Å². The number of rotatable bonds is 7. The van der Waals surface area contributed by atoms with E-state index in [0.29, 0.717) is 5.96 Å². The minimum absolute atomic E-state index is 0.180. The summed E-state index contributed by atoms with van der Waals surface area (Å²) in [6.07, 6.45) is 5.62. The summed E-state index contributed by atoms with van der Waals surface area (Å²) in [6, 6.07) is 10.4. The molecule has 0 saturated heterocycles. The second-order valence-electron chi connectivity index (χ2n) is 5.80. The Balaban J connectivity index is 1.45. The molecule has 0 aliphatic carbocycles. The maximum atomic E-state index is 12.8. The van der Waals surface area contributed by atoms with Crippen LogP contribution in [0, 0.1) is 0 Å². The van der Waals surface area contributed by atoms with E-state index in [1.165, 1.54) is 23.3 Å². The van der Waals surface area contributed by atoms with E-state index < -0.39 is 6.55 Å². The fourth-order valence-corrected chi connectivity index (χ4v) is 2.83. The van der Waals surface area contributed by atoms with Crippen molar-refractivity contribution in [2.45, 2.75) is 26.1 Å². The Morgan fingerprint density at radius 3 is 2.85 bits per heavy atom. The highest BCUT2D eigenvalue weighted by molar-refractivity contribution is 5.80. The van der Waals surface area contributed by atoms with Crippen molar-refractivity contribution in [2.24, 2.45) is 4.99 Å². The van der Waals surface area contributed by atoms with Crippen molar-refractivity contribution in [3.63, 3.8) is 0 Å². The average Bonchev–Trinajstić information content (AvgIpc) is 3.28. The highest BCUT2D eigenvalue weighted by Gasteiger charge is 2.11. The van der Waals surface area contributed by atoms with Gasteiger partial charge in [0.1, 0.15) is 5.82 Å². The predicted octanol–water partition coefficient (Wildman–Crippen LogP) is 2.99. The highest BCUT2D eigenvalue weighted by atomic mass is 19.3. The number of aryl methyl sites for hydroxylation is 1. The number of aromatic nitrogens is 3. The van der Waals surface area contributed by atoms with Gasteiger partial charge in [0.15, 0.2) is 5.96 Å². The monoisotopic (exact) mass is 360 g/mol. The van der Waals surface area contributed by atoms with E-state index in [4.69, 9.17) is 0 Å². The second-order valence-corrected chi connectivity index (χ2v) is 5.80. The molecule has 0 aliphatic heterocycles. The number of nitrogens with one attached hydrogen (secondary N) is 2. The van der Waals surface area contributed by atoms with Crippen molar-refractivity contribution >= 4 is 16.9 Å². The molecule has 0 radical (unpaired) electrons. The Kier molecular flexibility index (Phi) is 5.83. The predicted molar refractivity (Wildman–Crippen MR) is 98.2 cm³/mol. The molecule has 0 aliphatic rings. The number of alkyl halides is 2. The van der Waals surface area contributed by atoms with Crippen LogP contribution in [0.1, 0.15) is 18.8 Å². The first-order valence-corrected chi connectivity index (χ1v) is 8.47. The summed E-state index contributed by atoms with van der Waals surface area (Å²) in [7, 11) is 1.65. The van der Waals surface area contributed by atoms with Crippen LogP contribution in [-0.4, -0.2) is 33.7 Å². The lowest BCUT2D eigenvalue weighted by molar-refractivity contribution is 0.0668. The molecule has 3 aromatic rings. The van der Waals surface area contributed by atoms with Crippen LogP contribution in [0.4, 0.5) is 8.78 Å². The van der Waals surface area contributed by atoms with Crippen LogP contribution < -0.4 is 10.6 Å². The quantitative estimate of drug-likeness (QED) is 0.387. The Bertz CT molecular complexity index is 867. The van der Waals surface area contributed by atoms with E-state index in [2.05, 4.69) is 49.6 Å². The van der Waals surface area contributed by atoms with E-state index in [9.17, 15) is 8.78 Å². The van der Waals surface area contributed by atoms with Crippen molar-refractivity contribution in [3.05, 3.63) is 54.7 Å². The fraction of sp³-hybridized carbons (Fsp3) is 0.333. The van der Waals surface area contributed by atoms with Crippen LogP contribution in [0.25, 0.3) is 10.9 Å². The fourth-order valence-electron chi connectivity index (χ4n) is 2.83. The Labute approximate surface area is 150 Å². The first kappa shape index (κ1) is 17.9. The lowest BCUT2D eigenvalue weighted by atomic mass is 10.2. The molecule has 0 amide bonds. The Morgan fingerprint density at radius 1 is 1.19 bits per heavy atom. The van der Waals surface area contributed by atoms with E-state index >= 15 is 0 Å². The van der Waals surface area contributed by atoms with Crippen molar-refractivity contribution in [2.75, 3.05) is 13.6 Å². The number of nitrogens with zero attached hydrogens (tertiary/aromatic N) is 4. The third kappa shape index (κ3) is 4.19. The van der Waals surface area contributed by atoms with Gasteiger partial charge in [0.2, 0.25) is 0 Å². The van der Waals surface area contributed by atoms with Gasteiger partial charge in [-0.25, -0.2) is 4.98 Å². The number of para-hydroxylation sites is 1. The van der Waals surface area contributed by atoms with Gasteiger partial charge in [-0.05, 0) is 23.9 Å². The van der Waals surface area contributed by atoms with Crippen LogP contribution in [0.3, 0.4) is 0 Å². The van der Waals surface area contributed by atoms with Gasteiger partial charge < -0.3 is 15.2 Å².